The number of carbonyl (C=O) groups excluding carboxylic acids is 3. The van der Waals surface area contributed by atoms with Crippen molar-refractivity contribution in [1.82, 2.24) is 20.1 Å². The van der Waals surface area contributed by atoms with Crippen molar-refractivity contribution in [1.29, 1.82) is 0 Å². The molecule has 3 heterocycles. The Kier molecular flexibility index (Phi) is 6.94. The molecule has 3 rings (SSSR count). The number of urea groups is 1. The van der Waals surface area contributed by atoms with Gasteiger partial charge in [-0.05, 0) is 19.0 Å². The molecule has 0 saturated carbocycles. The number of imide groups is 1. The van der Waals surface area contributed by atoms with Gasteiger partial charge in [-0.1, -0.05) is 13.3 Å². The molecule has 28 heavy (non-hydrogen) atoms. The van der Waals surface area contributed by atoms with E-state index in [1.54, 1.807) is 18.3 Å². The molecule has 9 nitrogen and oxygen atoms in total. The van der Waals surface area contributed by atoms with E-state index in [-0.39, 0.29) is 18.2 Å². The molecule has 1 aromatic heterocycles. The van der Waals surface area contributed by atoms with Gasteiger partial charge in [0.15, 0.2) is 0 Å². The van der Waals surface area contributed by atoms with Crippen LogP contribution in [0.1, 0.15) is 26.2 Å². The predicted octanol–water partition coefficient (Wildman–Crippen LogP) is 0.884. The molecule has 152 valence electrons. The van der Waals surface area contributed by atoms with Crippen molar-refractivity contribution < 1.29 is 14.4 Å². The van der Waals surface area contributed by atoms with Crippen molar-refractivity contribution in [2.75, 3.05) is 56.0 Å². The van der Waals surface area contributed by atoms with Gasteiger partial charge in [-0.25, -0.2) is 9.78 Å². The second-order valence-electron chi connectivity index (χ2n) is 7.17. The normalized spacial score (nSPS) is 18.8. The van der Waals surface area contributed by atoms with Gasteiger partial charge < -0.3 is 10.2 Å². The Bertz CT molecular complexity index is 717. The fourth-order valence-corrected chi connectivity index (χ4v) is 3.40. The molecule has 0 unspecified atom stereocenters. The van der Waals surface area contributed by atoms with Crippen molar-refractivity contribution in [3.8, 4) is 0 Å². The lowest BCUT2D eigenvalue weighted by Crippen LogP contribution is -2.49. The maximum Gasteiger partial charge on any atom is 0.328 e. The van der Waals surface area contributed by atoms with Crippen LogP contribution in [0.2, 0.25) is 0 Å². The highest BCUT2D eigenvalue weighted by atomic mass is 16.2. The maximum atomic E-state index is 12.4. The summed E-state index contributed by atoms with van der Waals surface area (Å²) in [4.78, 5) is 45.9. The molecule has 0 spiro atoms. The van der Waals surface area contributed by atoms with E-state index in [0.29, 0.717) is 24.6 Å². The summed E-state index contributed by atoms with van der Waals surface area (Å²) in [5, 5.41) is 5.10. The van der Waals surface area contributed by atoms with Crippen LogP contribution >= 0.6 is 0 Å². The number of nitrogens with zero attached hydrogens (tertiary/aromatic N) is 4. The number of unbranched alkanes of at least 4 members (excludes halogenated alkanes) is 1. The van der Waals surface area contributed by atoms with E-state index in [2.05, 4.69) is 32.3 Å². The Hall–Kier alpha value is -2.52. The van der Waals surface area contributed by atoms with Crippen LogP contribution in [0.3, 0.4) is 0 Å². The number of hydrogen-bond acceptors (Lipinski definition) is 6. The molecule has 1 aromatic rings. The predicted molar refractivity (Wildman–Crippen MR) is 106 cm³/mol. The van der Waals surface area contributed by atoms with Crippen LogP contribution in [-0.4, -0.2) is 78.4 Å². The number of nitrogens with one attached hydrogen (secondary N) is 2. The lowest BCUT2D eigenvalue weighted by molar-refractivity contribution is -0.120. The zero-order chi connectivity index (χ0) is 19.9. The molecule has 2 aliphatic heterocycles. The van der Waals surface area contributed by atoms with Gasteiger partial charge in [0.1, 0.15) is 5.82 Å². The van der Waals surface area contributed by atoms with E-state index in [0.717, 1.165) is 32.7 Å². The number of piperazine rings is 1. The molecular weight excluding hydrogens is 360 g/mol. The molecule has 0 atom stereocenters. The van der Waals surface area contributed by atoms with Gasteiger partial charge in [0.25, 0.3) is 0 Å². The number of rotatable bonds is 7. The van der Waals surface area contributed by atoms with Crippen LogP contribution < -0.4 is 15.5 Å². The van der Waals surface area contributed by atoms with E-state index >= 15 is 0 Å². The first-order valence-electron chi connectivity index (χ1n) is 9.87. The van der Waals surface area contributed by atoms with Crippen LogP contribution in [0.25, 0.3) is 0 Å². The molecule has 2 aliphatic rings. The molecule has 0 radical (unpaired) electrons. The third-order valence-electron chi connectivity index (χ3n) is 5.04. The fraction of sp³-hybridized carbons (Fsp3) is 0.579. The van der Waals surface area contributed by atoms with Crippen molar-refractivity contribution in [3.63, 3.8) is 0 Å². The first-order chi connectivity index (χ1) is 13.5. The van der Waals surface area contributed by atoms with Crippen LogP contribution in [-0.2, 0) is 9.59 Å². The highest BCUT2D eigenvalue weighted by Crippen LogP contribution is 2.19. The Morgan fingerprint density at radius 2 is 1.93 bits per heavy atom. The molecule has 4 amide bonds. The topological polar surface area (TPSA) is 97.9 Å². The smallest absolute Gasteiger partial charge is 0.310 e. The standard InChI is InChI=1S/C19H28N6O3/c1-2-3-7-23-9-11-24(12-10-23)14-18(27)21-16-13-15(4-6-20-16)25-8-5-17(26)22-19(25)28/h4,6,13H,2-3,5,7-12,14H2,1H3,(H,20,21,27)(H,22,26,28). The third-order valence-corrected chi connectivity index (χ3v) is 5.04. The summed E-state index contributed by atoms with van der Waals surface area (Å²) in [5.41, 5.74) is 0.597. The summed E-state index contributed by atoms with van der Waals surface area (Å²) >= 11 is 0. The number of aromatic nitrogens is 1. The second kappa shape index (κ2) is 9.61. The first-order valence-corrected chi connectivity index (χ1v) is 9.87. The summed E-state index contributed by atoms with van der Waals surface area (Å²) in [6, 6.07) is 2.87. The minimum Gasteiger partial charge on any atom is -0.310 e. The van der Waals surface area contributed by atoms with Crippen molar-refractivity contribution >= 4 is 29.4 Å². The number of carbonyl (C=O) groups is 3. The minimum atomic E-state index is -0.458. The molecule has 2 saturated heterocycles. The molecular formula is C19H28N6O3. The number of hydrogen-bond donors (Lipinski definition) is 2. The number of pyridine rings is 1. The third kappa shape index (κ3) is 5.49. The summed E-state index contributed by atoms with van der Waals surface area (Å²) in [6.07, 6.45) is 4.21. The van der Waals surface area contributed by atoms with Gasteiger partial charge in [0.05, 0.1) is 12.2 Å². The van der Waals surface area contributed by atoms with Gasteiger partial charge in [-0.2, -0.15) is 0 Å². The molecule has 2 N–H and O–H groups in total. The van der Waals surface area contributed by atoms with E-state index < -0.39 is 6.03 Å². The van der Waals surface area contributed by atoms with E-state index in [1.807, 2.05) is 0 Å². The maximum absolute atomic E-state index is 12.4. The quantitative estimate of drug-likeness (QED) is 0.720. The average molecular weight is 388 g/mol. The number of anilines is 2. The van der Waals surface area contributed by atoms with Crippen molar-refractivity contribution in [3.05, 3.63) is 18.3 Å². The van der Waals surface area contributed by atoms with E-state index in [1.165, 1.54) is 17.7 Å². The molecule has 9 heteroatoms. The van der Waals surface area contributed by atoms with Gasteiger partial charge >= 0.3 is 6.03 Å². The second-order valence-corrected chi connectivity index (χ2v) is 7.17. The van der Waals surface area contributed by atoms with E-state index in [4.69, 9.17) is 0 Å². The minimum absolute atomic E-state index is 0.120. The Morgan fingerprint density at radius 1 is 1.18 bits per heavy atom. The SMILES string of the molecule is CCCCN1CCN(CC(=O)Nc2cc(N3CCC(=O)NC3=O)ccn2)CC1. The molecule has 2 fully saturated rings. The van der Waals surface area contributed by atoms with Crippen LogP contribution in [0.15, 0.2) is 18.3 Å². The van der Waals surface area contributed by atoms with Gasteiger partial charge in [-0.15, -0.1) is 0 Å². The first kappa shape index (κ1) is 20.2. The van der Waals surface area contributed by atoms with Crippen LogP contribution in [0.5, 0.6) is 0 Å². The summed E-state index contributed by atoms with van der Waals surface area (Å²) in [6.45, 7) is 7.70. The van der Waals surface area contributed by atoms with Crippen molar-refractivity contribution in [2.45, 2.75) is 26.2 Å². The van der Waals surface area contributed by atoms with Gasteiger partial charge in [-0.3, -0.25) is 24.7 Å². The molecule has 0 aromatic carbocycles. The van der Waals surface area contributed by atoms with E-state index in [9.17, 15) is 14.4 Å². The molecule has 0 aliphatic carbocycles. The monoisotopic (exact) mass is 388 g/mol. The average Bonchev–Trinajstić information content (AvgIpc) is 2.67. The number of amides is 4. The van der Waals surface area contributed by atoms with Crippen LogP contribution in [0.4, 0.5) is 16.3 Å². The summed E-state index contributed by atoms with van der Waals surface area (Å²) < 4.78 is 0. The highest BCUT2D eigenvalue weighted by molar-refractivity contribution is 6.05. The lowest BCUT2D eigenvalue weighted by Gasteiger charge is -2.34. The van der Waals surface area contributed by atoms with Gasteiger partial charge in [0.2, 0.25) is 11.8 Å². The fourth-order valence-electron chi connectivity index (χ4n) is 3.40. The van der Waals surface area contributed by atoms with Crippen LogP contribution in [0, 0.1) is 0 Å². The zero-order valence-electron chi connectivity index (χ0n) is 16.3. The lowest BCUT2D eigenvalue weighted by atomic mass is 10.2. The summed E-state index contributed by atoms with van der Waals surface area (Å²) in [7, 11) is 0. The largest absolute Gasteiger partial charge is 0.328 e. The highest BCUT2D eigenvalue weighted by Gasteiger charge is 2.24. The zero-order valence-corrected chi connectivity index (χ0v) is 16.3. The Balaban J connectivity index is 1.50. The molecule has 0 bridgehead atoms. The van der Waals surface area contributed by atoms with Gasteiger partial charge in [0, 0.05) is 51.4 Å². The Morgan fingerprint density at radius 3 is 2.64 bits per heavy atom. The summed E-state index contributed by atoms with van der Waals surface area (Å²) in [5.74, 6) is -0.00247. The Labute approximate surface area is 165 Å². The van der Waals surface area contributed by atoms with Crippen molar-refractivity contribution in [2.24, 2.45) is 0 Å².